The number of nitrogens with one attached hydrogen (secondary N) is 1. The number of aryl methyl sites for hydroxylation is 1. The van der Waals surface area contributed by atoms with Gasteiger partial charge in [0, 0.05) is 56.0 Å². The lowest BCUT2D eigenvalue weighted by Gasteiger charge is -2.30. The molecule has 134 valence electrons. The number of rotatable bonds is 5. The van der Waals surface area contributed by atoms with E-state index in [1.807, 2.05) is 33.9 Å². The summed E-state index contributed by atoms with van der Waals surface area (Å²) in [6.45, 7) is 12.3. The van der Waals surface area contributed by atoms with Gasteiger partial charge in [0.25, 0.3) is 0 Å². The summed E-state index contributed by atoms with van der Waals surface area (Å²) < 4.78 is 5.30. The van der Waals surface area contributed by atoms with Crippen molar-refractivity contribution in [2.45, 2.75) is 72.1 Å². The van der Waals surface area contributed by atoms with Gasteiger partial charge in [0.15, 0.2) is 0 Å². The lowest BCUT2D eigenvalue weighted by molar-refractivity contribution is 0.0495. The van der Waals surface area contributed by atoms with Crippen LogP contribution in [0.25, 0.3) is 0 Å². The lowest BCUT2D eigenvalue weighted by Crippen LogP contribution is -2.45. The second kappa shape index (κ2) is 7.92. The normalized spacial score (nSPS) is 16.4. The fourth-order valence-electron chi connectivity index (χ4n) is 2.86. The minimum Gasteiger partial charge on any atom is -0.444 e. The molecule has 0 aliphatic carbocycles. The summed E-state index contributed by atoms with van der Waals surface area (Å²) >= 11 is 0. The van der Waals surface area contributed by atoms with Crippen LogP contribution in [0.15, 0.2) is 6.20 Å². The maximum Gasteiger partial charge on any atom is 0.407 e. The van der Waals surface area contributed by atoms with E-state index in [-0.39, 0.29) is 12.1 Å². The smallest absolute Gasteiger partial charge is 0.407 e. The van der Waals surface area contributed by atoms with Gasteiger partial charge in [-0.15, -0.1) is 0 Å². The van der Waals surface area contributed by atoms with E-state index in [0.717, 1.165) is 44.7 Å². The Morgan fingerprint density at radius 1 is 1.46 bits per heavy atom. The molecule has 1 amide bonds. The molecule has 1 unspecified atom stereocenters. The van der Waals surface area contributed by atoms with E-state index >= 15 is 0 Å². The number of ether oxygens (including phenoxy) is 1. The van der Waals surface area contributed by atoms with Crippen molar-refractivity contribution >= 4 is 6.09 Å². The van der Waals surface area contributed by atoms with Crippen molar-refractivity contribution in [1.29, 1.82) is 0 Å². The zero-order valence-corrected chi connectivity index (χ0v) is 15.6. The van der Waals surface area contributed by atoms with E-state index in [2.05, 4.69) is 27.1 Å². The average Bonchev–Trinajstić information content (AvgIpc) is 2.45. The molecule has 1 aliphatic heterocycles. The van der Waals surface area contributed by atoms with Gasteiger partial charge in [0.2, 0.25) is 0 Å². The van der Waals surface area contributed by atoms with E-state index in [9.17, 15) is 4.79 Å². The minimum atomic E-state index is -0.471. The first-order valence-corrected chi connectivity index (χ1v) is 8.82. The van der Waals surface area contributed by atoms with Gasteiger partial charge in [-0.05, 0) is 34.1 Å². The van der Waals surface area contributed by atoms with Crippen molar-refractivity contribution in [3.05, 3.63) is 23.3 Å². The van der Waals surface area contributed by atoms with Crippen LogP contribution in [0.1, 0.15) is 58.1 Å². The van der Waals surface area contributed by atoms with Gasteiger partial charge in [-0.3, -0.25) is 4.90 Å². The number of aromatic nitrogens is 2. The van der Waals surface area contributed by atoms with Crippen molar-refractivity contribution in [2.75, 3.05) is 13.1 Å². The maximum absolute atomic E-state index is 11.8. The molecular formula is C18H30N4O2. The molecular weight excluding hydrogens is 304 g/mol. The molecule has 0 saturated heterocycles. The van der Waals surface area contributed by atoms with E-state index in [1.54, 1.807) is 0 Å². The number of amides is 1. The molecule has 2 rings (SSSR count). The highest BCUT2D eigenvalue weighted by atomic mass is 16.6. The molecule has 1 aliphatic rings. The number of hydrogen-bond acceptors (Lipinski definition) is 5. The number of alkyl carbamates (subject to hydrolysis) is 1. The van der Waals surface area contributed by atoms with Gasteiger partial charge in [-0.25, -0.2) is 14.8 Å². The lowest BCUT2D eigenvalue weighted by atomic mass is 10.1. The quantitative estimate of drug-likeness (QED) is 0.897. The Balaban J connectivity index is 1.86. The zero-order chi connectivity index (χ0) is 17.7. The molecule has 0 fully saturated rings. The first kappa shape index (κ1) is 18.6. The Morgan fingerprint density at radius 3 is 2.88 bits per heavy atom. The van der Waals surface area contributed by atoms with Crippen molar-refractivity contribution in [3.63, 3.8) is 0 Å². The topological polar surface area (TPSA) is 67.4 Å². The Morgan fingerprint density at radius 2 is 2.21 bits per heavy atom. The molecule has 24 heavy (non-hydrogen) atoms. The highest BCUT2D eigenvalue weighted by molar-refractivity contribution is 5.68. The van der Waals surface area contributed by atoms with Crippen LogP contribution in [0.4, 0.5) is 4.79 Å². The predicted octanol–water partition coefficient (Wildman–Crippen LogP) is 2.70. The second-order valence-corrected chi connectivity index (χ2v) is 7.54. The summed E-state index contributed by atoms with van der Waals surface area (Å²) in [6.07, 6.45) is 4.55. The Bertz CT molecular complexity index is 569. The molecule has 1 atom stereocenters. The van der Waals surface area contributed by atoms with Crippen LogP contribution in [-0.4, -0.2) is 45.7 Å². The first-order valence-electron chi connectivity index (χ1n) is 8.82. The molecule has 1 aromatic heterocycles. The van der Waals surface area contributed by atoms with Gasteiger partial charge in [0.05, 0.1) is 0 Å². The highest BCUT2D eigenvalue weighted by Gasteiger charge is 2.22. The number of hydrogen-bond donors (Lipinski definition) is 1. The van der Waals surface area contributed by atoms with Crippen LogP contribution >= 0.6 is 0 Å². The molecule has 0 aromatic carbocycles. The molecule has 2 heterocycles. The Labute approximate surface area is 145 Å². The van der Waals surface area contributed by atoms with Crippen molar-refractivity contribution in [2.24, 2.45) is 0 Å². The van der Waals surface area contributed by atoms with Gasteiger partial charge >= 0.3 is 6.09 Å². The Kier molecular flexibility index (Phi) is 6.15. The standard InChI is InChI=1S/C18H30N4O2/c1-6-7-16-19-10-14-12-22(9-8-15(14)21-16)11-13(2)20-17(23)24-18(3,4)5/h10,13H,6-9,11-12H2,1-5H3,(H,20,23). The fourth-order valence-corrected chi connectivity index (χ4v) is 2.86. The third kappa shape index (κ3) is 5.74. The number of carbonyl (C=O) groups is 1. The van der Waals surface area contributed by atoms with Gasteiger partial charge < -0.3 is 10.1 Å². The average molecular weight is 334 g/mol. The van der Waals surface area contributed by atoms with E-state index in [1.165, 1.54) is 11.3 Å². The summed E-state index contributed by atoms with van der Waals surface area (Å²) in [5, 5.41) is 2.90. The van der Waals surface area contributed by atoms with Gasteiger partial charge in [-0.1, -0.05) is 6.92 Å². The SMILES string of the molecule is CCCc1ncc2c(n1)CCN(CC(C)NC(=O)OC(C)(C)C)C2. The number of carbonyl (C=O) groups excluding carboxylic acids is 1. The van der Waals surface area contributed by atoms with Crippen LogP contribution in [0, 0.1) is 0 Å². The van der Waals surface area contributed by atoms with Crippen LogP contribution in [-0.2, 0) is 24.1 Å². The minimum absolute atomic E-state index is 0.0293. The summed E-state index contributed by atoms with van der Waals surface area (Å²) in [5.41, 5.74) is 1.91. The Hall–Kier alpha value is -1.69. The molecule has 0 saturated carbocycles. The molecule has 0 bridgehead atoms. The molecule has 0 radical (unpaired) electrons. The highest BCUT2D eigenvalue weighted by Crippen LogP contribution is 2.17. The van der Waals surface area contributed by atoms with Crippen LogP contribution in [0.2, 0.25) is 0 Å². The van der Waals surface area contributed by atoms with E-state index < -0.39 is 5.60 Å². The molecule has 6 heteroatoms. The fraction of sp³-hybridized carbons (Fsp3) is 0.722. The van der Waals surface area contributed by atoms with Crippen LogP contribution in [0.5, 0.6) is 0 Å². The predicted molar refractivity (Wildman–Crippen MR) is 93.8 cm³/mol. The summed E-state index contributed by atoms with van der Waals surface area (Å²) in [5.74, 6) is 0.949. The molecule has 1 N–H and O–H groups in total. The summed E-state index contributed by atoms with van der Waals surface area (Å²) in [7, 11) is 0. The largest absolute Gasteiger partial charge is 0.444 e. The molecule has 6 nitrogen and oxygen atoms in total. The number of nitrogens with zero attached hydrogens (tertiary/aromatic N) is 3. The van der Waals surface area contributed by atoms with Crippen molar-refractivity contribution < 1.29 is 9.53 Å². The van der Waals surface area contributed by atoms with Crippen LogP contribution in [0.3, 0.4) is 0 Å². The molecule has 1 aromatic rings. The van der Waals surface area contributed by atoms with Crippen LogP contribution < -0.4 is 5.32 Å². The monoisotopic (exact) mass is 334 g/mol. The summed E-state index contributed by atoms with van der Waals surface area (Å²) in [4.78, 5) is 23.3. The number of fused-ring (bicyclic) bond motifs is 1. The maximum atomic E-state index is 11.8. The van der Waals surface area contributed by atoms with Gasteiger partial charge in [-0.2, -0.15) is 0 Å². The first-order chi connectivity index (χ1) is 11.3. The van der Waals surface area contributed by atoms with Crippen molar-refractivity contribution in [3.8, 4) is 0 Å². The second-order valence-electron chi connectivity index (χ2n) is 7.54. The third-order valence-corrected chi connectivity index (χ3v) is 3.83. The van der Waals surface area contributed by atoms with E-state index in [4.69, 9.17) is 4.74 Å². The third-order valence-electron chi connectivity index (χ3n) is 3.83. The van der Waals surface area contributed by atoms with Gasteiger partial charge in [0.1, 0.15) is 11.4 Å². The van der Waals surface area contributed by atoms with E-state index in [0.29, 0.717) is 0 Å². The zero-order valence-electron chi connectivity index (χ0n) is 15.6. The molecule has 0 spiro atoms. The van der Waals surface area contributed by atoms with Crippen molar-refractivity contribution in [1.82, 2.24) is 20.2 Å². The summed E-state index contributed by atoms with van der Waals surface area (Å²) in [6, 6.07) is 0.0293.